The summed E-state index contributed by atoms with van der Waals surface area (Å²) in [4.78, 5) is 20.5. The predicted octanol–water partition coefficient (Wildman–Crippen LogP) is 3.52. The summed E-state index contributed by atoms with van der Waals surface area (Å²) in [6.07, 6.45) is 1.34. The fourth-order valence-electron chi connectivity index (χ4n) is 2.31. The maximum Gasteiger partial charge on any atom is 0.269 e. The van der Waals surface area contributed by atoms with Crippen molar-refractivity contribution in [2.24, 2.45) is 0 Å². The van der Waals surface area contributed by atoms with Gasteiger partial charge in [0.2, 0.25) is 0 Å². The largest absolute Gasteiger partial charge is 0.393 e. The van der Waals surface area contributed by atoms with E-state index in [1.54, 1.807) is 24.3 Å². The Kier molecular flexibility index (Phi) is 5.19. The van der Waals surface area contributed by atoms with E-state index < -0.39 is 0 Å². The summed E-state index contributed by atoms with van der Waals surface area (Å²) in [5, 5.41) is 3.66. The minimum atomic E-state index is -0.287. The van der Waals surface area contributed by atoms with Gasteiger partial charge in [0, 0.05) is 16.3 Å². The number of hydrogen-bond donors (Lipinski definition) is 4. The Labute approximate surface area is 155 Å². The molecule has 0 radical (unpaired) electrons. The second-order valence-corrected chi connectivity index (χ2v) is 5.95. The summed E-state index contributed by atoms with van der Waals surface area (Å²) in [6, 6.07) is 14.4. The Morgan fingerprint density at radius 1 is 1.08 bits per heavy atom. The van der Waals surface area contributed by atoms with E-state index >= 15 is 0 Å². The molecule has 1 aromatic heterocycles. The smallest absolute Gasteiger partial charge is 0.269 e. The van der Waals surface area contributed by atoms with Gasteiger partial charge in [0.25, 0.3) is 5.91 Å². The van der Waals surface area contributed by atoms with E-state index in [4.69, 9.17) is 17.3 Å². The van der Waals surface area contributed by atoms with Gasteiger partial charge in [0.05, 0.1) is 0 Å². The summed E-state index contributed by atoms with van der Waals surface area (Å²) in [5.74, 6) is 0.395. The Bertz CT molecular complexity index is 946. The van der Waals surface area contributed by atoms with Crippen molar-refractivity contribution >= 4 is 40.5 Å². The van der Waals surface area contributed by atoms with E-state index in [2.05, 4.69) is 26.1 Å². The Morgan fingerprint density at radius 2 is 1.85 bits per heavy atom. The number of benzene rings is 2. The van der Waals surface area contributed by atoms with Crippen LogP contribution in [-0.2, 0) is 0 Å². The van der Waals surface area contributed by atoms with E-state index in [1.807, 2.05) is 31.2 Å². The highest BCUT2D eigenvalue weighted by Gasteiger charge is 2.11. The van der Waals surface area contributed by atoms with Gasteiger partial charge in [0.1, 0.15) is 12.0 Å². The zero-order valence-corrected chi connectivity index (χ0v) is 14.7. The number of carbonyl (C=O) groups is 1. The average molecular weight is 369 g/mol. The molecule has 2 aromatic carbocycles. The maximum atomic E-state index is 12.3. The van der Waals surface area contributed by atoms with Gasteiger partial charge in [-0.1, -0.05) is 35.9 Å². The van der Waals surface area contributed by atoms with Gasteiger partial charge in [-0.25, -0.2) is 9.97 Å². The number of carbonyl (C=O) groups excluding carboxylic acids is 1. The zero-order valence-electron chi connectivity index (χ0n) is 14.0. The van der Waals surface area contributed by atoms with Crippen molar-refractivity contribution in [1.82, 2.24) is 15.4 Å². The van der Waals surface area contributed by atoms with E-state index in [9.17, 15) is 4.79 Å². The standard InChI is InChI=1S/C18H17ClN6O/c1-11-5-2-3-8-14(11)18(26)25-24-17-15(20)16(21-10-22-17)23-13-7-4-6-12(19)9-13/h2-10H,20H2,1H3,(H,25,26)(H2,21,22,23,24). The molecule has 8 heteroatoms. The highest BCUT2D eigenvalue weighted by molar-refractivity contribution is 6.30. The van der Waals surface area contributed by atoms with Crippen LogP contribution >= 0.6 is 11.6 Å². The van der Waals surface area contributed by atoms with Crippen molar-refractivity contribution in [3.05, 3.63) is 71.0 Å². The van der Waals surface area contributed by atoms with Crippen LogP contribution in [0, 0.1) is 6.92 Å². The highest BCUT2D eigenvalue weighted by atomic mass is 35.5. The number of nitrogens with one attached hydrogen (secondary N) is 3. The first kappa shape index (κ1) is 17.5. The molecule has 0 aliphatic rings. The van der Waals surface area contributed by atoms with Gasteiger partial charge in [-0.2, -0.15) is 0 Å². The number of nitrogens with two attached hydrogens (primary N) is 1. The highest BCUT2D eigenvalue weighted by Crippen LogP contribution is 2.26. The van der Waals surface area contributed by atoms with E-state index in [0.717, 1.165) is 11.3 Å². The lowest BCUT2D eigenvalue weighted by Gasteiger charge is -2.13. The Balaban J connectivity index is 1.73. The lowest BCUT2D eigenvalue weighted by Crippen LogP contribution is -2.30. The zero-order chi connectivity index (χ0) is 18.5. The third-order valence-electron chi connectivity index (χ3n) is 3.66. The van der Waals surface area contributed by atoms with Gasteiger partial charge in [-0.15, -0.1) is 0 Å². The van der Waals surface area contributed by atoms with Gasteiger partial charge in [0.15, 0.2) is 11.6 Å². The van der Waals surface area contributed by atoms with Gasteiger partial charge in [-0.05, 0) is 36.8 Å². The SMILES string of the molecule is Cc1ccccc1C(=O)NNc1ncnc(Nc2cccc(Cl)c2)c1N. The molecule has 3 rings (SSSR count). The molecule has 0 saturated carbocycles. The quantitative estimate of drug-likeness (QED) is 0.513. The van der Waals surface area contributed by atoms with Crippen LogP contribution < -0.4 is 21.9 Å². The average Bonchev–Trinajstić information content (AvgIpc) is 2.62. The molecule has 0 unspecified atom stereocenters. The second-order valence-electron chi connectivity index (χ2n) is 5.51. The van der Waals surface area contributed by atoms with Crippen LogP contribution in [-0.4, -0.2) is 15.9 Å². The molecular formula is C18H17ClN6O. The van der Waals surface area contributed by atoms with Crippen LogP contribution in [0.1, 0.15) is 15.9 Å². The number of anilines is 4. The second kappa shape index (κ2) is 7.71. The molecule has 5 N–H and O–H groups in total. The number of hydrazine groups is 1. The minimum absolute atomic E-state index is 0.262. The lowest BCUT2D eigenvalue weighted by atomic mass is 10.1. The van der Waals surface area contributed by atoms with Crippen LogP contribution in [0.3, 0.4) is 0 Å². The molecule has 7 nitrogen and oxygen atoms in total. The number of amides is 1. The van der Waals surface area contributed by atoms with Gasteiger partial charge >= 0.3 is 0 Å². The van der Waals surface area contributed by atoms with Crippen LogP contribution in [0.25, 0.3) is 0 Å². The summed E-state index contributed by atoms with van der Waals surface area (Å²) >= 11 is 5.97. The summed E-state index contributed by atoms with van der Waals surface area (Å²) in [7, 11) is 0. The van der Waals surface area contributed by atoms with Crippen LogP contribution in [0.5, 0.6) is 0 Å². The third kappa shape index (κ3) is 4.01. The molecule has 1 amide bonds. The number of aryl methyl sites for hydroxylation is 1. The van der Waals surface area contributed by atoms with Crippen molar-refractivity contribution in [1.29, 1.82) is 0 Å². The van der Waals surface area contributed by atoms with Gasteiger partial charge < -0.3 is 11.1 Å². The molecule has 1 heterocycles. The van der Waals surface area contributed by atoms with Crippen molar-refractivity contribution < 1.29 is 4.79 Å². The summed E-state index contributed by atoms with van der Waals surface area (Å²) in [5.41, 5.74) is 13.8. The Hall–Kier alpha value is -3.32. The molecule has 0 aliphatic heterocycles. The molecule has 26 heavy (non-hydrogen) atoms. The monoisotopic (exact) mass is 368 g/mol. The number of hydrogen-bond acceptors (Lipinski definition) is 6. The van der Waals surface area contributed by atoms with E-state index in [1.165, 1.54) is 6.33 Å². The molecule has 0 bridgehead atoms. The molecular weight excluding hydrogens is 352 g/mol. The molecule has 3 aromatic rings. The fraction of sp³-hybridized carbons (Fsp3) is 0.0556. The topological polar surface area (TPSA) is 105 Å². The molecule has 132 valence electrons. The van der Waals surface area contributed by atoms with Crippen molar-refractivity contribution in [3.63, 3.8) is 0 Å². The Morgan fingerprint density at radius 3 is 2.62 bits per heavy atom. The van der Waals surface area contributed by atoms with Crippen molar-refractivity contribution in [2.75, 3.05) is 16.5 Å². The lowest BCUT2D eigenvalue weighted by molar-refractivity contribution is 0.0962. The molecule has 0 atom stereocenters. The summed E-state index contributed by atoms with van der Waals surface area (Å²) < 4.78 is 0. The third-order valence-corrected chi connectivity index (χ3v) is 3.89. The van der Waals surface area contributed by atoms with E-state index in [-0.39, 0.29) is 17.4 Å². The van der Waals surface area contributed by atoms with Crippen LogP contribution in [0.15, 0.2) is 54.9 Å². The fourth-order valence-corrected chi connectivity index (χ4v) is 2.50. The van der Waals surface area contributed by atoms with Crippen LogP contribution in [0.2, 0.25) is 5.02 Å². The first-order valence-electron chi connectivity index (χ1n) is 7.79. The van der Waals surface area contributed by atoms with Crippen LogP contribution in [0.4, 0.5) is 23.0 Å². The van der Waals surface area contributed by atoms with Crippen molar-refractivity contribution in [3.8, 4) is 0 Å². The predicted molar refractivity (Wildman–Crippen MR) is 103 cm³/mol. The summed E-state index contributed by atoms with van der Waals surface area (Å²) in [6.45, 7) is 1.86. The minimum Gasteiger partial charge on any atom is -0.393 e. The molecule has 0 fully saturated rings. The number of aromatic nitrogens is 2. The van der Waals surface area contributed by atoms with E-state index in [0.29, 0.717) is 16.4 Å². The number of nitrogens with zero attached hydrogens (tertiary/aromatic N) is 2. The normalized spacial score (nSPS) is 10.2. The number of halogens is 1. The van der Waals surface area contributed by atoms with Crippen molar-refractivity contribution in [2.45, 2.75) is 6.92 Å². The molecule has 0 aliphatic carbocycles. The first-order valence-corrected chi connectivity index (χ1v) is 8.17. The number of nitrogen functional groups attached to an aromatic ring is 1. The van der Waals surface area contributed by atoms with Gasteiger partial charge in [-0.3, -0.25) is 15.6 Å². The first-order chi connectivity index (χ1) is 12.5. The molecule has 0 saturated heterocycles. The number of rotatable bonds is 5. The maximum absolute atomic E-state index is 12.3. The molecule has 0 spiro atoms.